The molecule has 0 aliphatic heterocycles. The lowest BCUT2D eigenvalue weighted by Crippen LogP contribution is -2.14. The molecule has 0 saturated heterocycles. The normalized spacial score (nSPS) is 10.6. The van der Waals surface area contributed by atoms with Gasteiger partial charge in [0.15, 0.2) is 0 Å². The maximum Gasteiger partial charge on any atom is 0.228 e. The van der Waals surface area contributed by atoms with Crippen molar-refractivity contribution in [2.45, 2.75) is 13.0 Å². The number of nitrogens with two attached hydrogens (primary N) is 1. The number of carbonyl (C=O) groups is 1. The van der Waals surface area contributed by atoms with E-state index in [1.54, 1.807) is 0 Å². The van der Waals surface area contributed by atoms with E-state index in [1.165, 1.54) is 0 Å². The van der Waals surface area contributed by atoms with Crippen LogP contribution in [0.4, 0.5) is 5.69 Å². The van der Waals surface area contributed by atoms with Gasteiger partial charge in [-0.2, -0.15) is 0 Å². The van der Waals surface area contributed by atoms with Crippen molar-refractivity contribution in [1.82, 2.24) is 0 Å². The van der Waals surface area contributed by atoms with Gasteiger partial charge in [-0.25, -0.2) is 0 Å². The molecule has 3 heteroatoms. The van der Waals surface area contributed by atoms with Gasteiger partial charge < -0.3 is 11.1 Å². The summed E-state index contributed by atoms with van der Waals surface area (Å²) < 4.78 is 0. The number of fused-ring (bicyclic) bond motifs is 1. The molecule has 0 spiro atoms. The van der Waals surface area contributed by atoms with Gasteiger partial charge in [0.25, 0.3) is 0 Å². The second-order valence-corrected chi connectivity index (χ2v) is 5.26. The number of carbonyl (C=O) groups excluding carboxylic acids is 1. The van der Waals surface area contributed by atoms with Crippen LogP contribution in [0.15, 0.2) is 66.7 Å². The summed E-state index contributed by atoms with van der Waals surface area (Å²) in [6, 6.07) is 21.8. The summed E-state index contributed by atoms with van der Waals surface area (Å²) in [6.45, 7) is 0.504. The molecule has 0 fully saturated rings. The Hall–Kier alpha value is -2.65. The first-order valence-electron chi connectivity index (χ1n) is 7.32. The number of anilines is 1. The van der Waals surface area contributed by atoms with Crippen LogP contribution in [0.1, 0.15) is 11.1 Å². The van der Waals surface area contributed by atoms with Crippen molar-refractivity contribution in [3.05, 3.63) is 77.9 Å². The van der Waals surface area contributed by atoms with Crippen LogP contribution in [-0.4, -0.2) is 5.91 Å². The van der Waals surface area contributed by atoms with Gasteiger partial charge >= 0.3 is 0 Å². The van der Waals surface area contributed by atoms with Crippen LogP contribution in [0.25, 0.3) is 10.8 Å². The Balaban J connectivity index is 1.75. The number of amides is 1. The Labute approximate surface area is 129 Å². The van der Waals surface area contributed by atoms with Crippen molar-refractivity contribution in [1.29, 1.82) is 0 Å². The fraction of sp³-hybridized carbons (Fsp3) is 0.105. The lowest BCUT2D eigenvalue weighted by atomic mass is 10.0. The average molecular weight is 290 g/mol. The monoisotopic (exact) mass is 290 g/mol. The van der Waals surface area contributed by atoms with Crippen molar-refractivity contribution in [3.8, 4) is 0 Å². The molecule has 0 heterocycles. The summed E-state index contributed by atoms with van der Waals surface area (Å²) in [5.41, 5.74) is 8.45. The minimum atomic E-state index is -0.0168. The quantitative estimate of drug-likeness (QED) is 0.773. The van der Waals surface area contributed by atoms with Gasteiger partial charge in [0.1, 0.15) is 0 Å². The zero-order valence-electron chi connectivity index (χ0n) is 12.3. The first-order valence-corrected chi connectivity index (χ1v) is 7.32. The highest BCUT2D eigenvalue weighted by atomic mass is 16.1. The molecule has 0 radical (unpaired) electrons. The van der Waals surface area contributed by atoms with Gasteiger partial charge in [-0.15, -0.1) is 0 Å². The second-order valence-electron chi connectivity index (χ2n) is 5.26. The van der Waals surface area contributed by atoms with E-state index in [0.717, 1.165) is 27.6 Å². The minimum Gasteiger partial charge on any atom is -0.326 e. The molecule has 0 aromatic heterocycles. The smallest absolute Gasteiger partial charge is 0.228 e. The highest BCUT2D eigenvalue weighted by molar-refractivity contribution is 5.96. The van der Waals surface area contributed by atoms with Gasteiger partial charge in [-0.05, 0) is 34.0 Å². The van der Waals surface area contributed by atoms with Gasteiger partial charge in [-0.3, -0.25) is 4.79 Å². The molecule has 3 nitrogen and oxygen atoms in total. The van der Waals surface area contributed by atoms with Crippen molar-refractivity contribution in [3.63, 3.8) is 0 Å². The number of hydrogen-bond donors (Lipinski definition) is 2. The maximum atomic E-state index is 12.2. The molecule has 1 amide bonds. The standard InChI is InChI=1S/C19H18N2O/c20-13-14-8-10-17(11-9-14)21-19(22)12-16-6-3-5-15-4-1-2-7-18(15)16/h1-11H,12-13,20H2,(H,21,22). The molecule has 0 atom stereocenters. The summed E-state index contributed by atoms with van der Waals surface area (Å²) in [7, 11) is 0. The van der Waals surface area contributed by atoms with Crippen molar-refractivity contribution >= 4 is 22.4 Å². The predicted octanol–water partition coefficient (Wildman–Crippen LogP) is 3.48. The molecule has 0 aliphatic carbocycles. The van der Waals surface area contributed by atoms with Crippen LogP contribution in [0.2, 0.25) is 0 Å². The Kier molecular flexibility index (Phi) is 4.17. The van der Waals surface area contributed by atoms with Crippen LogP contribution in [-0.2, 0) is 17.8 Å². The third-order valence-corrected chi connectivity index (χ3v) is 3.70. The van der Waals surface area contributed by atoms with E-state index >= 15 is 0 Å². The summed E-state index contributed by atoms with van der Waals surface area (Å²) in [5, 5.41) is 5.20. The molecule has 3 aromatic carbocycles. The van der Waals surface area contributed by atoms with Crippen molar-refractivity contribution < 1.29 is 4.79 Å². The number of rotatable bonds is 4. The number of hydrogen-bond acceptors (Lipinski definition) is 2. The Morgan fingerprint density at radius 2 is 1.64 bits per heavy atom. The first kappa shape index (κ1) is 14.3. The fourth-order valence-corrected chi connectivity index (χ4v) is 2.55. The van der Waals surface area contributed by atoms with E-state index in [-0.39, 0.29) is 5.91 Å². The third-order valence-electron chi connectivity index (χ3n) is 3.70. The van der Waals surface area contributed by atoms with Crippen LogP contribution >= 0.6 is 0 Å². The van der Waals surface area contributed by atoms with Crippen molar-refractivity contribution in [2.75, 3.05) is 5.32 Å². The third kappa shape index (κ3) is 3.15. The van der Waals surface area contributed by atoms with Crippen molar-refractivity contribution in [2.24, 2.45) is 5.73 Å². The van der Waals surface area contributed by atoms with Gasteiger partial charge in [0.2, 0.25) is 5.91 Å². The van der Waals surface area contributed by atoms with E-state index in [2.05, 4.69) is 17.4 Å². The lowest BCUT2D eigenvalue weighted by molar-refractivity contribution is -0.115. The zero-order chi connectivity index (χ0) is 15.4. The highest BCUT2D eigenvalue weighted by Crippen LogP contribution is 2.19. The molecular formula is C19H18N2O. The molecule has 3 aromatic rings. The van der Waals surface area contributed by atoms with Gasteiger partial charge in [-0.1, -0.05) is 54.6 Å². The van der Waals surface area contributed by atoms with E-state index in [0.29, 0.717) is 13.0 Å². The average Bonchev–Trinajstić information content (AvgIpc) is 2.56. The van der Waals surface area contributed by atoms with Crippen LogP contribution in [0, 0.1) is 0 Å². The Bertz CT molecular complexity index is 789. The molecule has 0 saturated carbocycles. The topological polar surface area (TPSA) is 55.1 Å². The molecule has 0 bridgehead atoms. The van der Waals surface area contributed by atoms with E-state index in [9.17, 15) is 4.79 Å². The van der Waals surface area contributed by atoms with E-state index in [1.807, 2.05) is 54.6 Å². The molecule has 110 valence electrons. The molecule has 0 aliphatic rings. The van der Waals surface area contributed by atoms with Gasteiger partial charge in [0.05, 0.1) is 6.42 Å². The van der Waals surface area contributed by atoms with E-state index < -0.39 is 0 Å². The van der Waals surface area contributed by atoms with Crippen LogP contribution in [0.3, 0.4) is 0 Å². The van der Waals surface area contributed by atoms with E-state index in [4.69, 9.17) is 5.73 Å². The molecule has 3 rings (SSSR count). The number of nitrogens with one attached hydrogen (secondary N) is 1. The lowest BCUT2D eigenvalue weighted by Gasteiger charge is -2.08. The summed E-state index contributed by atoms with van der Waals surface area (Å²) in [4.78, 5) is 12.2. The second kappa shape index (κ2) is 6.41. The summed E-state index contributed by atoms with van der Waals surface area (Å²) in [6.07, 6.45) is 0.361. The Morgan fingerprint density at radius 3 is 2.41 bits per heavy atom. The predicted molar refractivity (Wildman–Crippen MR) is 90.6 cm³/mol. The highest BCUT2D eigenvalue weighted by Gasteiger charge is 2.07. The van der Waals surface area contributed by atoms with Crippen LogP contribution < -0.4 is 11.1 Å². The summed E-state index contributed by atoms with van der Waals surface area (Å²) in [5.74, 6) is -0.0168. The fourth-order valence-electron chi connectivity index (χ4n) is 2.55. The Morgan fingerprint density at radius 1 is 0.909 bits per heavy atom. The zero-order valence-corrected chi connectivity index (χ0v) is 12.3. The molecule has 0 unspecified atom stereocenters. The first-order chi connectivity index (χ1) is 10.8. The SMILES string of the molecule is NCc1ccc(NC(=O)Cc2cccc3ccccc23)cc1. The maximum absolute atomic E-state index is 12.2. The van der Waals surface area contributed by atoms with Crippen LogP contribution in [0.5, 0.6) is 0 Å². The molecular weight excluding hydrogens is 272 g/mol. The molecule has 22 heavy (non-hydrogen) atoms. The number of benzene rings is 3. The van der Waals surface area contributed by atoms with Gasteiger partial charge in [0, 0.05) is 12.2 Å². The molecule has 3 N–H and O–H groups in total. The summed E-state index contributed by atoms with van der Waals surface area (Å²) >= 11 is 0. The minimum absolute atomic E-state index is 0.0168. The largest absolute Gasteiger partial charge is 0.326 e.